The fourth-order valence-corrected chi connectivity index (χ4v) is 1.92. The van der Waals surface area contributed by atoms with Crippen molar-refractivity contribution in [3.05, 3.63) is 46.6 Å². The summed E-state index contributed by atoms with van der Waals surface area (Å²) in [4.78, 5) is 0. The highest BCUT2D eigenvalue weighted by Gasteiger charge is 2.04. The first-order valence-electron chi connectivity index (χ1n) is 5.19. The largest absolute Gasteiger partial charge is 0.472 e. The van der Waals surface area contributed by atoms with Gasteiger partial charge in [-0.3, -0.25) is 4.68 Å². The number of rotatable bonds is 4. The summed E-state index contributed by atoms with van der Waals surface area (Å²) in [5, 5.41) is 4.29. The number of aromatic nitrogens is 2. The van der Waals surface area contributed by atoms with E-state index in [2.05, 4.69) is 21.0 Å². The second-order valence-electron chi connectivity index (χ2n) is 3.40. The van der Waals surface area contributed by atoms with Crippen molar-refractivity contribution in [2.45, 2.75) is 20.1 Å². The summed E-state index contributed by atoms with van der Waals surface area (Å²) in [7, 11) is 0. The maximum absolute atomic E-state index is 5.59. The highest BCUT2D eigenvalue weighted by atomic mass is 79.9. The van der Waals surface area contributed by atoms with Gasteiger partial charge >= 0.3 is 0 Å². The highest BCUT2D eigenvalue weighted by molar-refractivity contribution is 9.10. The molecule has 0 amide bonds. The molecule has 2 rings (SSSR count). The molecule has 3 nitrogen and oxygen atoms in total. The van der Waals surface area contributed by atoms with Gasteiger partial charge < -0.3 is 4.74 Å². The first kappa shape index (κ1) is 11.2. The van der Waals surface area contributed by atoms with Gasteiger partial charge in [0.1, 0.15) is 11.2 Å². The number of benzene rings is 1. The molecule has 0 fully saturated rings. The number of ether oxygens (including phenoxy) is 1. The summed E-state index contributed by atoms with van der Waals surface area (Å²) in [6.45, 7) is 3.42. The van der Waals surface area contributed by atoms with E-state index >= 15 is 0 Å². The lowest BCUT2D eigenvalue weighted by Crippen LogP contribution is -1.99. The number of nitrogens with zero attached hydrogens (tertiary/aromatic N) is 2. The standard InChI is InChI=1S/C12H13BrN2O/c1-2-15-11(13)8-12(14-15)16-9-10-6-4-3-5-7-10/h3-8H,2,9H2,1H3. The molecule has 0 aliphatic carbocycles. The number of hydrogen-bond donors (Lipinski definition) is 0. The molecular formula is C12H13BrN2O. The van der Waals surface area contributed by atoms with Crippen molar-refractivity contribution >= 4 is 15.9 Å². The topological polar surface area (TPSA) is 27.1 Å². The van der Waals surface area contributed by atoms with Gasteiger partial charge in [0.15, 0.2) is 0 Å². The van der Waals surface area contributed by atoms with Crippen LogP contribution in [0.15, 0.2) is 41.0 Å². The third-order valence-corrected chi connectivity index (χ3v) is 2.88. The SMILES string of the molecule is CCn1nc(OCc2ccccc2)cc1Br. The Labute approximate surface area is 103 Å². The Morgan fingerprint density at radius 1 is 1.31 bits per heavy atom. The summed E-state index contributed by atoms with van der Waals surface area (Å²) < 4.78 is 8.38. The molecular weight excluding hydrogens is 268 g/mol. The molecule has 0 atom stereocenters. The molecule has 0 radical (unpaired) electrons. The molecule has 16 heavy (non-hydrogen) atoms. The fraction of sp³-hybridized carbons (Fsp3) is 0.250. The van der Waals surface area contributed by atoms with Gasteiger partial charge in [-0.05, 0) is 28.4 Å². The molecule has 2 aromatic rings. The van der Waals surface area contributed by atoms with Gasteiger partial charge in [0, 0.05) is 12.6 Å². The molecule has 4 heteroatoms. The Hall–Kier alpha value is -1.29. The van der Waals surface area contributed by atoms with E-state index in [9.17, 15) is 0 Å². The number of aryl methyl sites for hydroxylation is 1. The first-order valence-corrected chi connectivity index (χ1v) is 5.99. The lowest BCUT2D eigenvalue weighted by Gasteiger charge is -2.02. The summed E-state index contributed by atoms with van der Waals surface area (Å²) in [6.07, 6.45) is 0. The minimum atomic E-state index is 0.550. The Morgan fingerprint density at radius 2 is 2.06 bits per heavy atom. The summed E-state index contributed by atoms with van der Waals surface area (Å²) in [5.74, 6) is 0.651. The van der Waals surface area contributed by atoms with E-state index in [4.69, 9.17) is 4.74 Å². The molecule has 1 heterocycles. The van der Waals surface area contributed by atoms with Crippen LogP contribution in [0.25, 0.3) is 0 Å². The molecule has 0 N–H and O–H groups in total. The van der Waals surface area contributed by atoms with E-state index in [1.807, 2.05) is 48.0 Å². The van der Waals surface area contributed by atoms with Crippen LogP contribution in [-0.4, -0.2) is 9.78 Å². The van der Waals surface area contributed by atoms with Gasteiger partial charge in [-0.2, -0.15) is 0 Å². The minimum absolute atomic E-state index is 0.550. The van der Waals surface area contributed by atoms with E-state index in [0.29, 0.717) is 12.5 Å². The van der Waals surface area contributed by atoms with Crippen LogP contribution in [0.3, 0.4) is 0 Å². The van der Waals surface area contributed by atoms with Crippen LogP contribution >= 0.6 is 15.9 Å². The molecule has 1 aromatic heterocycles. The summed E-state index contributed by atoms with van der Waals surface area (Å²) in [6, 6.07) is 11.9. The van der Waals surface area contributed by atoms with Crippen molar-refractivity contribution < 1.29 is 4.74 Å². The van der Waals surface area contributed by atoms with Crippen molar-refractivity contribution in [2.75, 3.05) is 0 Å². The smallest absolute Gasteiger partial charge is 0.234 e. The lowest BCUT2D eigenvalue weighted by molar-refractivity contribution is 0.290. The fourth-order valence-electron chi connectivity index (χ4n) is 1.40. The quantitative estimate of drug-likeness (QED) is 0.860. The first-order chi connectivity index (χ1) is 7.79. The van der Waals surface area contributed by atoms with Gasteiger partial charge in [0.05, 0.1) is 0 Å². The van der Waals surface area contributed by atoms with Crippen LogP contribution < -0.4 is 4.74 Å². The average Bonchev–Trinajstić information content (AvgIpc) is 2.69. The van der Waals surface area contributed by atoms with E-state index in [-0.39, 0.29) is 0 Å². The molecule has 0 unspecified atom stereocenters. The Bertz CT molecular complexity index is 453. The van der Waals surface area contributed by atoms with Crippen LogP contribution in [0, 0.1) is 0 Å². The minimum Gasteiger partial charge on any atom is -0.472 e. The predicted molar refractivity (Wildman–Crippen MR) is 66.4 cm³/mol. The molecule has 0 aliphatic heterocycles. The van der Waals surface area contributed by atoms with Crippen LogP contribution in [-0.2, 0) is 13.2 Å². The van der Waals surface area contributed by atoms with Gasteiger partial charge in [0.2, 0.25) is 5.88 Å². The van der Waals surface area contributed by atoms with Gasteiger partial charge in [-0.25, -0.2) is 0 Å². The molecule has 0 saturated heterocycles. The van der Waals surface area contributed by atoms with Crippen molar-refractivity contribution in [1.29, 1.82) is 0 Å². The van der Waals surface area contributed by atoms with Gasteiger partial charge in [-0.15, -0.1) is 5.10 Å². The zero-order valence-electron chi connectivity index (χ0n) is 9.06. The van der Waals surface area contributed by atoms with E-state index in [0.717, 1.165) is 16.7 Å². The molecule has 0 saturated carbocycles. The third-order valence-electron chi connectivity index (χ3n) is 2.24. The Balaban J connectivity index is 2.00. The van der Waals surface area contributed by atoms with Crippen molar-refractivity contribution in [1.82, 2.24) is 9.78 Å². The highest BCUT2D eigenvalue weighted by Crippen LogP contribution is 2.18. The van der Waals surface area contributed by atoms with Crippen molar-refractivity contribution in [2.24, 2.45) is 0 Å². The van der Waals surface area contributed by atoms with Crippen LogP contribution in [0.2, 0.25) is 0 Å². The van der Waals surface area contributed by atoms with E-state index in [1.165, 1.54) is 0 Å². The van der Waals surface area contributed by atoms with Crippen molar-refractivity contribution in [3.63, 3.8) is 0 Å². The van der Waals surface area contributed by atoms with E-state index in [1.54, 1.807) is 0 Å². The summed E-state index contributed by atoms with van der Waals surface area (Å²) >= 11 is 3.42. The monoisotopic (exact) mass is 280 g/mol. The average molecular weight is 281 g/mol. The third kappa shape index (κ3) is 2.64. The summed E-state index contributed by atoms with van der Waals surface area (Å²) in [5.41, 5.74) is 1.14. The Morgan fingerprint density at radius 3 is 2.69 bits per heavy atom. The molecule has 0 spiro atoms. The molecule has 84 valence electrons. The molecule has 0 aliphatic rings. The maximum Gasteiger partial charge on any atom is 0.234 e. The zero-order chi connectivity index (χ0) is 11.4. The van der Waals surface area contributed by atoms with E-state index < -0.39 is 0 Å². The van der Waals surface area contributed by atoms with Crippen LogP contribution in [0.4, 0.5) is 0 Å². The lowest BCUT2D eigenvalue weighted by atomic mass is 10.2. The predicted octanol–water partition coefficient (Wildman–Crippen LogP) is 3.24. The molecule has 0 bridgehead atoms. The maximum atomic E-state index is 5.59. The second kappa shape index (κ2) is 5.16. The van der Waals surface area contributed by atoms with Crippen LogP contribution in [0.5, 0.6) is 5.88 Å². The molecule has 1 aromatic carbocycles. The van der Waals surface area contributed by atoms with Gasteiger partial charge in [-0.1, -0.05) is 30.3 Å². The Kier molecular flexibility index (Phi) is 3.62. The number of hydrogen-bond acceptors (Lipinski definition) is 2. The number of halogens is 1. The van der Waals surface area contributed by atoms with Gasteiger partial charge in [0.25, 0.3) is 0 Å². The normalized spacial score (nSPS) is 10.4. The zero-order valence-corrected chi connectivity index (χ0v) is 10.6. The van der Waals surface area contributed by atoms with Crippen LogP contribution in [0.1, 0.15) is 12.5 Å². The second-order valence-corrected chi connectivity index (χ2v) is 4.21. The van der Waals surface area contributed by atoms with Crippen molar-refractivity contribution in [3.8, 4) is 5.88 Å².